The van der Waals surface area contributed by atoms with Crippen LogP contribution in [-0.2, 0) is 10.0 Å². The summed E-state index contributed by atoms with van der Waals surface area (Å²) in [6, 6.07) is 2.30. The average Bonchev–Trinajstić information content (AvgIpc) is 2.40. The van der Waals surface area contributed by atoms with Crippen molar-refractivity contribution in [3.8, 4) is 0 Å². The number of sulfonamides is 1. The first-order valence-corrected chi connectivity index (χ1v) is 7.67. The van der Waals surface area contributed by atoms with Crippen molar-refractivity contribution in [1.82, 2.24) is 4.31 Å². The third-order valence-corrected chi connectivity index (χ3v) is 5.16. The smallest absolute Gasteiger partial charge is 0.271 e. The fraction of sp³-hybridized carbons (Fsp3) is 0.500. The molecule has 0 aliphatic heterocycles. The number of nitro benzene ring substituents is 1. The van der Waals surface area contributed by atoms with Gasteiger partial charge < -0.3 is 10.2 Å². The van der Waals surface area contributed by atoms with E-state index < -0.39 is 28.2 Å². The molecule has 0 heterocycles. The molecular weight excluding hydrogens is 300 g/mol. The maximum atomic E-state index is 12.5. The van der Waals surface area contributed by atoms with Crippen LogP contribution < -0.4 is 0 Å². The summed E-state index contributed by atoms with van der Waals surface area (Å²) < 4.78 is 26.0. The van der Waals surface area contributed by atoms with Crippen LogP contribution in [0.4, 0.5) is 5.69 Å². The second kappa shape index (κ2) is 6.94. The van der Waals surface area contributed by atoms with E-state index in [0.717, 1.165) is 10.4 Å². The maximum Gasteiger partial charge on any atom is 0.271 e. The Bertz CT molecular complexity index is 623. The van der Waals surface area contributed by atoms with Gasteiger partial charge in [-0.25, -0.2) is 8.42 Å². The third-order valence-electron chi connectivity index (χ3n) is 3.13. The average molecular weight is 318 g/mol. The summed E-state index contributed by atoms with van der Waals surface area (Å²) in [4.78, 5) is 10.0. The Kier molecular flexibility index (Phi) is 5.78. The number of benzene rings is 1. The molecule has 0 bridgehead atoms. The van der Waals surface area contributed by atoms with E-state index in [2.05, 4.69) is 0 Å². The molecule has 0 fully saturated rings. The zero-order chi connectivity index (χ0) is 16.2. The molecule has 0 saturated carbocycles. The zero-order valence-electron chi connectivity index (χ0n) is 11.8. The molecule has 1 rings (SSSR count). The molecule has 9 heteroatoms. The zero-order valence-corrected chi connectivity index (χ0v) is 12.6. The largest absolute Gasteiger partial charge is 0.395 e. The summed E-state index contributed by atoms with van der Waals surface area (Å²) in [5, 5.41) is 28.8. The van der Waals surface area contributed by atoms with E-state index in [1.54, 1.807) is 13.8 Å². The summed E-state index contributed by atoms with van der Waals surface area (Å²) in [5.74, 6) is 0. The number of aryl methyl sites for hydroxylation is 1. The van der Waals surface area contributed by atoms with Gasteiger partial charge in [0.05, 0.1) is 23.0 Å². The minimum Gasteiger partial charge on any atom is -0.395 e. The summed E-state index contributed by atoms with van der Waals surface area (Å²) in [6.07, 6.45) is 0. The first-order chi connectivity index (χ1) is 9.75. The highest BCUT2D eigenvalue weighted by atomic mass is 32.2. The number of rotatable bonds is 7. The van der Waals surface area contributed by atoms with Crippen LogP contribution in [0, 0.1) is 24.0 Å². The standard InChI is InChI=1S/C12H18N2O6S/c1-9-7-11(14(17)18)8-12(10(9)2)21(19,20)13(3-5-15)4-6-16/h7-8,15-16H,3-6H2,1-2H3. The van der Waals surface area contributed by atoms with Crippen LogP contribution in [-0.4, -0.2) is 54.2 Å². The molecule has 0 amide bonds. The Morgan fingerprint density at radius 3 is 2.14 bits per heavy atom. The Labute approximate surface area is 122 Å². The SMILES string of the molecule is Cc1cc([N+](=O)[O-])cc(S(=O)(=O)N(CCO)CCO)c1C. The molecule has 0 aliphatic carbocycles. The monoisotopic (exact) mass is 318 g/mol. The Morgan fingerprint density at radius 1 is 1.19 bits per heavy atom. The predicted octanol–water partition coefficient (Wildman–Crippen LogP) is 0.187. The van der Waals surface area contributed by atoms with Crippen LogP contribution in [0.1, 0.15) is 11.1 Å². The van der Waals surface area contributed by atoms with Gasteiger partial charge in [0.15, 0.2) is 0 Å². The van der Waals surface area contributed by atoms with E-state index in [-0.39, 0.29) is 23.7 Å². The third kappa shape index (κ3) is 3.76. The van der Waals surface area contributed by atoms with Crippen molar-refractivity contribution >= 4 is 15.7 Å². The van der Waals surface area contributed by atoms with Crippen molar-refractivity contribution in [2.24, 2.45) is 0 Å². The Hall–Kier alpha value is -1.55. The number of aliphatic hydroxyl groups is 2. The minimum absolute atomic E-state index is 0.184. The second-order valence-corrected chi connectivity index (χ2v) is 6.40. The first kappa shape index (κ1) is 17.5. The highest BCUT2D eigenvalue weighted by Crippen LogP contribution is 2.27. The fourth-order valence-electron chi connectivity index (χ4n) is 1.90. The maximum absolute atomic E-state index is 12.5. The lowest BCUT2D eigenvalue weighted by Crippen LogP contribution is -2.36. The molecule has 8 nitrogen and oxygen atoms in total. The highest BCUT2D eigenvalue weighted by Gasteiger charge is 2.28. The first-order valence-electron chi connectivity index (χ1n) is 6.23. The van der Waals surface area contributed by atoms with Gasteiger partial charge in [-0.15, -0.1) is 0 Å². The number of nitro groups is 1. The van der Waals surface area contributed by atoms with E-state index in [0.29, 0.717) is 11.1 Å². The number of non-ortho nitro benzene ring substituents is 1. The molecule has 2 N–H and O–H groups in total. The number of aliphatic hydroxyl groups excluding tert-OH is 2. The Balaban J connectivity index is 3.45. The normalized spacial score (nSPS) is 11.9. The second-order valence-electron chi connectivity index (χ2n) is 4.49. The molecule has 1 aromatic carbocycles. The summed E-state index contributed by atoms with van der Waals surface area (Å²) in [7, 11) is -4.03. The number of hydrogen-bond acceptors (Lipinski definition) is 6. The van der Waals surface area contributed by atoms with Crippen LogP contribution in [0.5, 0.6) is 0 Å². The van der Waals surface area contributed by atoms with E-state index in [1.807, 2.05) is 0 Å². The topological polar surface area (TPSA) is 121 Å². The highest BCUT2D eigenvalue weighted by molar-refractivity contribution is 7.89. The summed E-state index contributed by atoms with van der Waals surface area (Å²) in [5.41, 5.74) is 0.571. The van der Waals surface area contributed by atoms with E-state index in [9.17, 15) is 18.5 Å². The van der Waals surface area contributed by atoms with Gasteiger partial charge in [-0.2, -0.15) is 4.31 Å². The van der Waals surface area contributed by atoms with Gasteiger partial charge in [0.25, 0.3) is 5.69 Å². The molecule has 1 aromatic rings. The molecule has 0 aromatic heterocycles. The fourth-order valence-corrected chi connectivity index (χ4v) is 3.64. The van der Waals surface area contributed by atoms with Crippen molar-refractivity contribution in [1.29, 1.82) is 0 Å². The molecule has 0 saturated heterocycles. The number of hydrogen-bond donors (Lipinski definition) is 2. The molecule has 0 spiro atoms. The van der Waals surface area contributed by atoms with Gasteiger partial charge >= 0.3 is 0 Å². The van der Waals surface area contributed by atoms with Crippen LogP contribution in [0.3, 0.4) is 0 Å². The van der Waals surface area contributed by atoms with Crippen molar-refractivity contribution in [3.63, 3.8) is 0 Å². The van der Waals surface area contributed by atoms with Gasteiger partial charge in [-0.05, 0) is 25.0 Å². The van der Waals surface area contributed by atoms with Gasteiger partial charge in [0, 0.05) is 25.2 Å². The molecule has 118 valence electrons. The van der Waals surface area contributed by atoms with Gasteiger partial charge in [0.1, 0.15) is 0 Å². The molecular formula is C12H18N2O6S. The lowest BCUT2D eigenvalue weighted by atomic mass is 10.1. The molecule has 21 heavy (non-hydrogen) atoms. The van der Waals surface area contributed by atoms with Gasteiger partial charge in [0.2, 0.25) is 10.0 Å². The van der Waals surface area contributed by atoms with Crippen molar-refractivity contribution in [2.75, 3.05) is 26.3 Å². The van der Waals surface area contributed by atoms with Crippen LogP contribution in [0.15, 0.2) is 17.0 Å². The van der Waals surface area contributed by atoms with Crippen LogP contribution in [0.2, 0.25) is 0 Å². The lowest BCUT2D eigenvalue weighted by Gasteiger charge is -2.21. The van der Waals surface area contributed by atoms with Crippen molar-refractivity contribution < 1.29 is 23.6 Å². The summed E-state index contributed by atoms with van der Waals surface area (Å²) >= 11 is 0. The quantitative estimate of drug-likeness (QED) is 0.546. The molecule has 0 aliphatic rings. The predicted molar refractivity (Wildman–Crippen MR) is 75.5 cm³/mol. The molecule has 0 atom stereocenters. The number of nitrogens with zero attached hydrogens (tertiary/aromatic N) is 2. The Morgan fingerprint density at radius 2 is 1.71 bits per heavy atom. The summed E-state index contributed by atoms with van der Waals surface area (Å²) in [6.45, 7) is 1.94. The van der Waals surface area contributed by atoms with E-state index in [1.165, 1.54) is 6.07 Å². The van der Waals surface area contributed by atoms with E-state index in [4.69, 9.17) is 10.2 Å². The van der Waals surface area contributed by atoms with Crippen LogP contribution >= 0.6 is 0 Å². The molecule has 0 radical (unpaired) electrons. The molecule has 0 unspecified atom stereocenters. The van der Waals surface area contributed by atoms with Crippen molar-refractivity contribution in [2.45, 2.75) is 18.7 Å². The minimum atomic E-state index is -4.03. The van der Waals surface area contributed by atoms with Gasteiger partial charge in [-0.1, -0.05) is 0 Å². The van der Waals surface area contributed by atoms with Gasteiger partial charge in [-0.3, -0.25) is 10.1 Å². The van der Waals surface area contributed by atoms with E-state index >= 15 is 0 Å². The lowest BCUT2D eigenvalue weighted by molar-refractivity contribution is -0.385. The van der Waals surface area contributed by atoms with Crippen LogP contribution in [0.25, 0.3) is 0 Å². The van der Waals surface area contributed by atoms with Crippen molar-refractivity contribution in [3.05, 3.63) is 33.4 Å².